The second kappa shape index (κ2) is 9.36. The fraction of sp³-hybridized carbons (Fsp3) is 0.385. The van der Waals surface area contributed by atoms with Crippen LogP contribution in [0.15, 0.2) is 54.6 Å². The highest BCUT2D eigenvalue weighted by atomic mass is 16.5. The molecule has 2 atom stereocenters. The van der Waals surface area contributed by atoms with Crippen LogP contribution in [-0.2, 0) is 23.0 Å². The van der Waals surface area contributed by atoms with Crippen LogP contribution < -0.4 is 0 Å². The number of hydrogen-bond donors (Lipinski definition) is 0. The zero-order chi connectivity index (χ0) is 21.8. The van der Waals surface area contributed by atoms with E-state index in [-0.39, 0.29) is 12.0 Å². The topological polar surface area (TPSA) is 58.3 Å². The molecule has 2 heterocycles. The number of carbonyl (C=O) groups excluding carboxylic acids is 1. The minimum atomic E-state index is -0.348. The summed E-state index contributed by atoms with van der Waals surface area (Å²) in [6.45, 7) is 3.16. The number of nitriles is 1. The summed E-state index contributed by atoms with van der Waals surface area (Å²) in [5, 5.41) is 10.4. The van der Waals surface area contributed by atoms with Crippen molar-refractivity contribution in [3.05, 3.63) is 71.4 Å². The Balaban J connectivity index is 1.54. The van der Waals surface area contributed by atoms with Crippen LogP contribution in [0.3, 0.4) is 0 Å². The van der Waals surface area contributed by atoms with Crippen LogP contribution in [0.5, 0.6) is 0 Å². The molecule has 31 heavy (non-hydrogen) atoms. The molecule has 1 saturated heterocycles. The van der Waals surface area contributed by atoms with Gasteiger partial charge in [0, 0.05) is 24.3 Å². The van der Waals surface area contributed by atoms with Gasteiger partial charge in [0.05, 0.1) is 18.2 Å². The number of nitrogens with zero attached hydrogens (tertiary/aromatic N) is 3. The van der Waals surface area contributed by atoms with E-state index in [1.807, 2.05) is 55.5 Å². The number of carbonyl (C=O) groups is 1. The summed E-state index contributed by atoms with van der Waals surface area (Å²) in [6, 6.07) is 20.3. The van der Waals surface area contributed by atoms with Crippen molar-refractivity contribution in [3.8, 4) is 6.07 Å². The highest BCUT2D eigenvalue weighted by Gasteiger charge is 2.36. The van der Waals surface area contributed by atoms with Gasteiger partial charge in [-0.25, -0.2) is 4.79 Å². The summed E-state index contributed by atoms with van der Waals surface area (Å²) in [7, 11) is 2.07. The number of esters is 1. The van der Waals surface area contributed by atoms with Gasteiger partial charge >= 0.3 is 5.97 Å². The number of likely N-dealkylation sites (tertiary alicyclic amines) is 1. The lowest BCUT2D eigenvalue weighted by Gasteiger charge is -2.32. The first-order valence-corrected chi connectivity index (χ1v) is 11.1. The van der Waals surface area contributed by atoms with E-state index in [0.717, 1.165) is 48.7 Å². The molecule has 1 fully saturated rings. The van der Waals surface area contributed by atoms with Crippen molar-refractivity contribution in [2.75, 3.05) is 13.2 Å². The smallest absolute Gasteiger partial charge is 0.328 e. The average molecular weight is 416 g/mol. The molecule has 1 aliphatic rings. The molecule has 2 aromatic carbocycles. The largest absolute Gasteiger partial charge is 0.465 e. The van der Waals surface area contributed by atoms with Crippen LogP contribution >= 0.6 is 0 Å². The van der Waals surface area contributed by atoms with Gasteiger partial charge in [-0.05, 0) is 68.3 Å². The Hall–Kier alpha value is -3.10. The molecule has 2 unspecified atom stereocenters. The third-order valence-electron chi connectivity index (χ3n) is 6.39. The molecule has 0 saturated carbocycles. The number of fused-ring (bicyclic) bond motifs is 1. The van der Waals surface area contributed by atoms with Gasteiger partial charge in [-0.15, -0.1) is 0 Å². The number of aromatic nitrogens is 1. The summed E-state index contributed by atoms with van der Waals surface area (Å²) in [5.41, 5.74) is 4.03. The maximum Gasteiger partial charge on any atom is 0.328 e. The third kappa shape index (κ3) is 4.35. The number of rotatable bonds is 7. The SMILES string of the molecule is CCOC(=O)C(c1ccccc1)N1CCCC1CCc1cc2ccc(C#N)cc2n1C. The molecule has 3 aromatic rings. The Labute approximate surface area is 183 Å². The average Bonchev–Trinajstić information content (AvgIpc) is 3.37. The minimum Gasteiger partial charge on any atom is -0.465 e. The van der Waals surface area contributed by atoms with Crippen molar-refractivity contribution >= 4 is 16.9 Å². The quantitative estimate of drug-likeness (QED) is 0.523. The van der Waals surface area contributed by atoms with E-state index in [1.165, 1.54) is 5.69 Å². The monoisotopic (exact) mass is 415 g/mol. The molecule has 0 amide bonds. The van der Waals surface area contributed by atoms with Crippen molar-refractivity contribution in [3.63, 3.8) is 0 Å². The molecular formula is C26H29N3O2. The fourth-order valence-electron chi connectivity index (χ4n) is 4.84. The van der Waals surface area contributed by atoms with Crippen molar-refractivity contribution in [2.24, 2.45) is 7.05 Å². The zero-order valence-corrected chi connectivity index (χ0v) is 18.3. The summed E-state index contributed by atoms with van der Waals surface area (Å²) in [4.78, 5) is 15.2. The Bertz CT molecular complexity index is 1100. The summed E-state index contributed by atoms with van der Waals surface area (Å²) >= 11 is 0. The Kier molecular flexibility index (Phi) is 6.39. The van der Waals surface area contributed by atoms with E-state index >= 15 is 0 Å². The molecule has 0 radical (unpaired) electrons. The minimum absolute atomic E-state index is 0.158. The van der Waals surface area contributed by atoms with Crippen LogP contribution in [0.4, 0.5) is 0 Å². The standard InChI is InChI=1S/C26H29N3O2/c1-3-31-26(30)25(20-8-5-4-6-9-20)29-15-7-10-22(29)13-14-23-17-21-12-11-19(18-27)16-24(21)28(23)2/h4-6,8-9,11-12,16-17,22,25H,3,7,10,13-15H2,1-2H3. The zero-order valence-electron chi connectivity index (χ0n) is 18.3. The summed E-state index contributed by atoms with van der Waals surface area (Å²) in [6.07, 6.45) is 4.09. The van der Waals surface area contributed by atoms with Crippen LogP contribution in [0.2, 0.25) is 0 Å². The van der Waals surface area contributed by atoms with Crippen LogP contribution in [0.25, 0.3) is 10.9 Å². The first-order chi connectivity index (χ1) is 15.1. The number of benzene rings is 2. The molecule has 5 nitrogen and oxygen atoms in total. The van der Waals surface area contributed by atoms with Gasteiger partial charge in [-0.1, -0.05) is 36.4 Å². The third-order valence-corrected chi connectivity index (χ3v) is 6.39. The van der Waals surface area contributed by atoms with Crippen molar-refractivity contribution in [2.45, 2.75) is 44.7 Å². The number of aryl methyl sites for hydroxylation is 2. The molecule has 1 aromatic heterocycles. The summed E-state index contributed by atoms with van der Waals surface area (Å²) in [5.74, 6) is -0.158. The van der Waals surface area contributed by atoms with E-state index in [4.69, 9.17) is 4.74 Å². The van der Waals surface area contributed by atoms with Gasteiger partial charge in [-0.3, -0.25) is 4.90 Å². The second-order valence-corrected chi connectivity index (χ2v) is 8.22. The lowest BCUT2D eigenvalue weighted by molar-refractivity contribution is -0.150. The number of hydrogen-bond acceptors (Lipinski definition) is 4. The van der Waals surface area contributed by atoms with Gasteiger partial charge in [0.25, 0.3) is 0 Å². The predicted molar refractivity (Wildman–Crippen MR) is 121 cm³/mol. The molecule has 0 aliphatic carbocycles. The lowest BCUT2D eigenvalue weighted by Crippen LogP contribution is -2.39. The van der Waals surface area contributed by atoms with E-state index in [0.29, 0.717) is 18.2 Å². The molecule has 160 valence electrons. The van der Waals surface area contributed by atoms with Crippen molar-refractivity contribution in [1.29, 1.82) is 5.26 Å². The fourth-order valence-corrected chi connectivity index (χ4v) is 4.84. The second-order valence-electron chi connectivity index (χ2n) is 8.22. The normalized spacial score (nSPS) is 17.5. The maximum atomic E-state index is 12.9. The van der Waals surface area contributed by atoms with Crippen LogP contribution in [-0.4, -0.2) is 34.6 Å². The molecule has 1 aliphatic heterocycles. The number of ether oxygens (including phenoxy) is 1. The molecule has 0 bridgehead atoms. The van der Waals surface area contributed by atoms with Gasteiger partial charge < -0.3 is 9.30 Å². The first-order valence-electron chi connectivity index (χ1n) is 11.1. The Morgan fingerprint density at radius 3 is 2.77 bits per heavy atom. The maximum absolute atomic E-state index is 12.9. The highest BCUT2D eigenvalue weighted by molar-refractivity contribution is 5.82. The van der Waals surface area contributed by atoms with Gasteiger partial charge in [-0.2, -0.15) is 5.26 Å². The van der Waals surface area contributed by atoms with E-state index in [1.54, 1.807) is 0 Å². The Morgan fingerprint density at radius 1 is 1.23 bits per heavy atom. The molecular weight excluding hydrogens is 386 g/mol. The molecule has 0 spiro atoms. The highest BCUT2D eigenvalue weighted by Crippen LogP contribution is 2.33. The van der Waals surface area contributed by atoms with Gasteiger partial charge in [0.1, 0.15) is 6.04 Å². The van der Waals surface area contributed by atoms with Gasteiger partial charge in [0.15, 0.2) is 0 Å². The molecule has 5 heteroatoms. The van der Waals surface area contributed by atoms with E-state index in [9.17, 15) is 10.1 Å². The van der Waals surface area contributed by atoms with Gasteiger partial charge in [0.2, 0.25) is 0 Å². The molecule has 0 N–H and O–H groups in total. The predicted octanol–water partition coefficient (Wildman–Crippen LogP) is 4.75. The van der Waals surface area contributed by atoms with E-state index < -0.39 is 0 Å². The molecule has 4 rings (SSSR count). The van der Waals surface area contributed by atoms with Crippen LogP contribution in [0, 0.1) is 11.3 Å². The summed E-state index contributed by atoms with van der Waals surface area (Å²) < 4.78 is 7.64. The first kappa shape index (κ1) is 21.1. The van der Waals surface area contributed by atoms with Crippen LogP contribution in [0.1, 0.15) is 49.0 Å². The Morgan fingerprint density at radius 2 is 2.03 bits per heavy atom. The lowest BCUT2D eigenvalue weighted by atomic mass is 10.0. The van der Waals surface area contributed by atoms with Crippen molar-refractivity contribution < 1.29 is 9.53 Å². The van der Waals surface area contributed by atoms with E-state index in [2.05, 4.69) is 28.7 Å². The van der Waals surface area contributed by atoms with Crippen molar-refractivity contribution in [1.82, 2.24) is 9.47 Å².